The first kappa shape index (κ1) is 45.9. The number of ether oxygens (including phenoxy) is 8. The van der Waals surface area contributed by atoms with Crippen molar-refractivity contribution in [3.05, 3.63) is 23.8 Å². The molecule has 4 aliphatic carbocycles. The Hall–Kier alpha value is -1.24. The van der Waals surface area contributed by atoms with Crippen LogP contribution in [0.4, 0.5) is 0 Å². The molecular formula is C44H68O18. The topological polar surface area (TPSA) is 276 Å². The predicted octanol–water partition coefficient (Wildman–Crippen LogP) is -1.29. The number of hydrogen-bond acceptors (Lipinski definition) is 18. The summed E-state index contributed by atoms with van der Waals surface area (Å²) in [5, 5.41) is 108. The van der Waals surface area contributed by atoms with E-state index in [1.54, 1.807) is 6.92 Å². The van der Waals surface area contributed by atoms with E-state index in [2.05, 4.69) is 26.5 Å². The first-order valence-electron chi connectivity index (χ1n) is 22.6. The van der Waals surface area contributed by atoms with Crippen LogP contribution < -0.4 is 0 Å². The van der Waals surface area contributed by atoms with Gasteiger partial charge in [0.25, 0.3) is 0 Å². The van der Waals surface area contributed by atoms with Crippen LogP contribution in [0.1, 0.15) is 73.1 Å². The Labute approximate surface area is 361 Å². The maximum Gasteiger partial charge on any atom is 0.200 e. The fourth-order valence-corrected chi connectivity index (χ4v) is 13.7. The van der Waals surface area contributed by atoms with Crippen molar-refractivity contribution in [3.63, 3.8) is 0 Å². The van der Waals surface area contributed by atoms with Gasteiger partial charge >= 0.3 is 0 Å². The Kier molecular flexibility index (Phi) is 12.2. The van der Waals surface area contributed by atoms with Crippen molar-refractivity contribution in [3.8, 4) is 0 Å². The van der Waals surface area contributed by atoms with Gasteiger partial charge in [-0.3, -0.25) is 0 Å². The van der Waals surface area contributed by atoms with E-state index in [1.807, 2.05) is 6.92 Å². The molecule has 0 bridgehead atoms. The zero-order valence-electron chi connectivity index (χ0n) is 36.0. The third-order valence-corrected chi connectivity index (χ3v) is 17.2. The smallest absolute Gasteiger partial charge is 0.200 e. The first-order chi connectivity index (χ1) is 29.2. The molecule has 8 fully saturated rings. The number of allylic oxidation sites excluding steroid dienone is 1. The van der Waals surface area contributed by atoms with Crippen LogP contribution in [-0.2, 0) is 37.9 Å². The van der Waals surface area contributed by atoms with E-state index in [0.717, 1.165) is 24.8 Å². The third-order valence-electron chi connectivity index (χ3n) is 17.2. The largest absolute Gasteiger partial charge is 0.393 e. The van der Waals surface area contributed by atoms with Crippen LogP contribution in [0.15, 0.2) is 23.8 Å². The number of aliphatic hydroxyl groups is 10. The highest BCUT2D eigenvalue weighted by molar-refractivity contribution is 5.29. The zero-order valence-corrected chi connectivity index (χ0v) is 36.0. The molecule has 352 valence electrons. The Balaban J connectivity index is 0.936. The van der Waals surface area contributed by atoms with E-state index < -0.39 is 122 Å². The van der Waals surface area contributed by atoms with Crippen LogP contribution in [0.2, 0.25) is 0 Å². The Morgan fingerprint density at radius 1 is 0.742 bits per heavy atom. The van der Waals surface area contributed by atoms with Crippen molar-refractivity contribution in [1.29, 1.82) is 0 Å². The van der Waals surface area contributed by atoms with Crippen molar-refractivity contribution < 1.29 is 89.0 Å². The molecule has 9 aliphatic rings. The molecule has 3 saturated carbocycles. The second-order valence-electron chi connectivity index (χ2n) is 20.5. The standard InChI is InChI=1S/C44H68O18/c1-16-14-56-44(38(54)36(16)60-39-34(52)32(50)29(47)18(3)57-39)17(2)28-26(62-44)13-24-22-8-7-20-11-21(45)12-27(43(20,6)23(22)9-10-42(24,28)5)59-41-37(31(49)25(46)15-55-41)61-40-35(53)33(51)30(48)19(4)58-40/h7,17-19,21-41,45-54H,1,8-15H2,2-6H3/t17-,18+,19-,21+,22+,23-,24-,25-,26-,27+,28-,29-,30-,31-,32-,33+,34+,35+,36-,37+,38-,39-,40-,41-,42-,43-,44-/m0/s1. The summed E-state index contributed by atoms with van der Waals surface area (Å²) in [7, 11) is 0. The van der Waals surface area contributed by atoms with Crippen LogP contribution in [0.3, 0.4) is 0 Å². The fraction of sp³-hybridized carbons (Fsp3) is 0.909. The number of rotatable bonds is 6. The van der Waals surface area contributed by atoms with E-state index in [-0.39, 0.29) is 60.7 Å². The van der Waals surface area contributed by atoms with Gasteiger partial charge in [-0.25, -0.2) is 0 Å². The van der Waals surface area contributed by atoms with Gasteiger partial charge in [-0.05, 0) is 80.6 Å². The van der Waals surface area contributed by atoms with Gasteiger partial charge in [0, 0.05) is 17.8 Å². The highest BCUT2D eigenvalue weighted by Crippen LogP contribution is 2.71. The van der Waals surface area contributed by atoms with Gasteiger partial charge in [-0.15, -0.1) is 0 Å². The third kappa shape index (κ3) is 6.97. The van der Waals surface area contributed by atoms with Gasteiger partial charge in [-0.1, -0.05) is 39.0 Å². The molecule has 0 amide bonds. The molecule has 5 aliphatic heterocycles. The summed E-state index contributed by atoms with van der Waals surface area (Å²) in [5.41, 5.74) is 0.731. The molecule has 1 spiro atoms. The molecule has 62 heavy (non-hydrogen) atoms. The van der Waals surface area contributed by atoms with Crippen molar-refractivity contribution in [1.82, 2.24) is 0 Å². The zero-order chi connectivity index (χ0) is 44.5. The molecule has 5 saturated heterocycles. The molecule has 10 N–H and O–H groups in total. The average Bonchev–Trinajstić information content (AvgIpc) is 3.69. The quantitative estimate of drug-likeness (QED) is 0.139. The average molecular weight is 885 g/mol. The summed E-state index contributed by atoms with van der Waals surface area (Å²) >= 11 is 0. The lowest BCUT2D eigenvalue weighted by Crippen LogP contribution is -2.64. The monoisotopic (exact) mass is 884 g/mol. The molecule has 9 rings (SSSR count). The number of fused-ring (bicyclic) bond motifs is 7. The van der Waals surface area contributed by atoms with Gasteiger partial charge < -0.3 is 89.0 Å². The summed E-state index contributed by atoms with van der Waals surface area (Å²) in [6.45, 7) is 13.5. The molecule has 18 nitrogen and oxygen atoms in total. The Bertz CT molecular complexity index is 1700. The maximum absolute atomic E-state index is 12.1. The molecule has 0 unspecified atom stereocenters. The minimum atomic E-state index is -1.66. The van der Waals surface area contributed by atoms with Crippen molar-refractivity contribution in [2.24, 2.45) is 40.4 Å². The number of hydrogen-bond donors (Lipinski definition) is 10. The Morgan fingerprint density at radius 3 is 2.05 bits per heavy atom. The molecule has 5 heterocycles. The maximum atomic E-state index is 12.1. The lowest BCUT2D eigenvalue weighted by molar-refractivity contribution is -0.362. The highest BCUT2D eigenvalue weighted by atomic mass is 16.8. The van der Waals surface area contributed by atoms with E-state index in [0.29, 0.717) is 18.4 Å². The minimum Gasteiger partial charge on any atom is -0.393 e. The van der Waals surface area contributed by atoms with E-state index >= 15 is 0 Å². The number of aliphatic hydroxyl groups excluding tert-OH is 10. The van der Waals surface area contributed by atoms with Crippen molar-refractivity contribution in [2.75, 3.05) is 13.2 Å². The van der Waals surface area contributed by atoms with Gasteiger partial charge in [0.2, 0.25) is 5.79 Å². The van der Waals surface area contributed by atoms with Crippen LogP contribution in [-0.4, -0.2) is 187 Å². The summed E-state index contributed by atoms with van der Waals surface area (Å²) in [4.78, 5) is 0. The van der Waals surface area contributed by atoms with Crippen LogP contribution >= 0.6 is 0 Å². The van der Waals surface area contributed by atoms with Gasteiger partial charge in [0.15, 0.2) is 18.9 Å². The highest BCUT2D eigenvalue weighted by Gasteiger charge is 2.72. The summed E-state index contributed by atoms with van der Waals surface area (Å²) in [6, 6.07) is 0. The molecule has 0 radical (unpaired) electrons. The second-order valence-corrected chi connectivity index (χ2v) is 20.5. The van der Waals surface area contributed by atoms with Crippen LogP contribution in [0, 0.1) is 40.4 Å². The SMILES string of the molecule is C=C1CO[C@@]2(O[C@H]3C[C@H]4[C@@H]5CC=C6C[C@@H](O)C[C@@H](O[C@@H]7OC[C@H](O)[C@H](O)[C@H]7O[C@@H]7O[C@@H](C)[C@H](O)[C@@H](O)[C@H]7O)[C@]6(C)[C@H]5CC[C@]4(C)[C@H]3[C@@H]2C)[C@@H](O)[C@H]1O[C@@H]1O[C@H](C)[C@H](O)[C@H](O)[C@H]1O. The summed E-state index contributed by atoms with van der Waals surface area (Å²) in [6.07, 6.45) is -16.8. The van der Waals surface area contributed by atoms with E-state index in [4.69, 9.17) is 37.9 Å². The van der Waals surface area contributed by atoms with Crippen LogP contribution in [0.5, 0.6) is 0 Å². The van der Waals surface area contributed by atoms with Crippen molar-refractivity contribution in [2.45, 2.75) is 195 Å². The molecule has 0 aromatic heterocycles. The molecule has 27 atom stereocenters. The predicted molar refractivity (Wildman–Crippen MR) is 211 cm³/mol. The lowest BCUT2D eigenvalue weighted by Gasteiger charge is -2.60. The lowest BCUT2D eigenvalue weighted by atomic mass is 9.46. The van der Waals surface area contributed by atoms with E-state index in [9.17, 15) is 51.1 Å². The Morgan fingerprint density at radius 2 is 1.39 bits per heavy atom. The van der Waals surface area contributed by atoms with Crippen molar-refractivity contribution >= 4 is 0 Å². The molecule has 0 aromatic rings. The minimum absolute atomic E-state index is 0.00297. The van der Waals surface area contributed by atoms with Crippen LogP contribution in [0.25, 0.3) is 0 Å². The van der Waals surface area contributed by atoms with Gasteiger partial charge in [0.05, 0.1) is 43.7 Å². The van der Waals surface area contributed by atoms with E-state index in [1.165, 1.54) is 6.92 Å². The molecule has 0 aromatic carbocycles. The van der Waals surface area contributed by atoms with Gasteiger partial charge in [0.1, 0.15) is 67.1 Å². The first-order valence-corrected chi connectivity index (χ1v) is 22.6. The van der Waals surface area contributed by atoms with Gasteiger partial charge in [-0.2, -0.15) is 0 Å². The fourth-order valence-electron chi connectivity index (χ4n) is 13.7. The normalized spacial score (nSPS) is 58.9. The molecule has 18 heteroatoms. The second kappa shape index (κ2) is 16.5. The molecular weight excluding hydrogens is 816 g/mol. The summed E-state index contributed by atoms with van der Waals surface area (Å²) < 4.78 is 49.8. The summed E-state index contributed by atoms with van der Waals surface area (Å²) in [5.74, 6) is -1.18.